The van der Waals surface area contributed by atoms with Crippen LogP contribution in [-0.2, 0) is 0 Å². The standard InChI is InChI=1S/C13H9ClO3/c14-9-4-1-3-8-7-11(17-13(8)9)12(15)10-5-2-6-16-10/h1-7,12,15H. The predicted octanol–water partition coefficient (Wildman–Crippen LogP) is 3.76. The molecule has 0 fully saturated rings. The molecule has 0 aliphatic rings. The number of rotatable bonds is 2. The van der Waals surface area contributed by atoms with Gasteiger partial charge >= 0.3 is 0 Å². The van der Waals surface area contributed by atoms with Gasteiger partial charge in [0.2, 0.25) is 0 Å². The van der Waals surface area contributed by atoms with Gasteiger partial charge in [-0.1, -0.05) is 23.7 Å². The van der Waals surface area contributed by atoms with E-state index < -0.39 is 6.10 Å². The van der Waals surface area contributed by atoms with E-state index in [1.54, 1.807) is 24.3 Å². The molecule has 1 unspecified atom stereocenters. The molecule has 0 saturated heterocycles. The predicted molar refractivity (Wildman–Crippen MR) is 64.0 cm³/mol. The van der Waals surface area contributed by atoms with Gasteiger partial charge in [0, 0.05) is 5.39 Å². The molecule has 0 bridgehead atoms. The summed E-state index contributed by atoms with van der Waals surface area (Å²) in [6.07, 6.45) is 0.599. The molecule has 2 aromatic heterocycles. The molecule has 1 atom stereocenters. The zero-order valence-corrected chi connectivity index (χ0v) is 9.52. The first-order valence-electron chi connectivity index (χ1n) is 5.15. The van der Waals surface area contributed by atoms with Gasteiger partial charge in [-0.15, -0.1) is 0 Å². The molecule has 0 radical (unpaired) electrons. The fraction of sp³-hybridized carbons (Fsp3) is 0.0769. The highest BCUT2D eigenvalue weighted by Crippen LogP contribution is 2.31. The first-order valence-corrected chi connectivity index (χ1v) is 5.53. The molecule has 0 saturated carbocycles. The van der Waals surface area contributed by atoms with Crippen LogP contribution in [0.15, 0.2) is 51.5 Å². The van der Waals surface area contributed by atoms with E-state index in [1.165, 1.54) is 6.26 Å². The van der Waals surface area contributed by atoms with E-state index in [1.807, 2.05) is 12.1 Å². The van der Waals surface area contributed by atoms with Crippen LogP contribution in [0.1, 0.15) is 17.6 Å². The highest BCUT2D eigenvalue weighted by atomic mass is 35.5. The van der Waals surface area contributed by atoms with Crippen molar-refractivity contribution in [1.82, 2.24) is 0 Å². The zero-order chi connectivity index (χ0) is 11.8. The second-order valence-electron chi connectivity index (χ2n) is 3.72. The van der Waals surface area contributed by atoms with Gasteiger partial charge in [0.25, 0.3) is 0 Å². The molecule has 3 aromatic rings. The van der Waals surface area contributed by atoms with Crippen LogP contribution in [0.3, 0.4) is 0 Å². The van der Waals surface area contributed by atoms with Crippen molar-refractivity contribution in [2.24, 2.45) is 0 Å². The number of para-hydroxylation sites is 1. The van der Waals surface area contributed by atoms with E-state index in [-0.39, 0.29) is 0 Å². The summed E-state index contributed by atoms with van der Waals surface area (Å²) in [7, 11) is 0. The van der Waals surface area contributed by atoms with Crippen molar-refractivity contribution in [1.29, 1.82) is 0 Å². The second kappa shape index (κ2) is 3.95. The molecule has 2 heterocycles. The Hall–Kier alpha value is -1.71. The van der Waals surface area contributed by atoms with Gasteiger partial charge in [0.1, 0.15) is 11.5 Å². The molecule has 0 amide bonds. The monoisotopic (exact) mass is 248 g/mol. The topological polar surface area (TPSA) is 46.5 Å². The van der Waals surface area contributed by atoms with Crippen LogP contribution >= 0.6 is 11.6 Å². The Kier molecular flexibility index (Phi) is 2.42. The third-order valence-corrected chi connectivity index (χ3v) is 2.89. The lowest BCUT2D eigenvalue weighted by atomic mass is 10.2. The summed E-state index contributed by atoms with van der Waals surface area (Å²) in [5, 5.41) is 11.4. The van der Waals surface area contributed by atoms with E-state index in [2.05, 4.69) is 0 Å². The van der Waals surface area contributed by atoms with E-state index in [9.17, 15) is 5.11 Å². The molecular formula is C13H9ClO3. The van der Waals surface area contributed by atoms with Crippen molar-refractivity contribution >= 4 is 22.6 Å². The number of halogens is 1. The number of hydrogen-bond donors (Lipinski definition) is 1. The molecule has 0 aliphatic carbocycles. The Morgan fingerprint density at radius 1 is 1.12 bits per heavy atom. The highest BCUT2D eigenvalue weighted by Gasteiger charge is 2.18. The van der Waals surface area contributed by atoms with Crippen molar-refractivity contribution in [2.45, 2.75) is 6.10 Å². The number of furan rings is 2. The lowest BCUT2D eigenvalue weighted by Gasteiger charge is -2.02. The molecule has 1 aromatic carbocycles. The van der Waals surface area contributed by atoms with Crippen molar-refractivity contribution in [3.8, 4) is 0 Å². The van der Waals surface area contributed by atoms with Crippen LogP contribution in [0.4, 0.5) is 0 Å². The van der Waals surface area contributed by atoms with E-state index >= 15 is 0 Å². The molecule has 0 aliphatic heterocycles. The summed E-state index contributed by atoms with van der Waals surface area (Å²) in [4.78, 5) is 0. The van der Waals surface area contributed by atoms with Crippen LogP contribution in [-0.4, -0.2) is 5.11 Å². The molecule has 3 rings (SSSR count). The maximum absolute atomic E-state index is 10.0. The Balaban J connectivity index is 2.10. The third kappa shape index (κ3) is 1.73. The van der Waals surface area contributed by atoms with Crippen LogP contribution < -0.4 is 0 Å². The van der Waals surface area contributed by atoms with Crippen molar-refractivity contribution in [3.63, 3.8) is 0 Å². The van der Waals surface area contributed by atoms with Crippen molar-refractivity contribution in [3.05, 3.63) is 59.2 Å². The van der Waals surface area contributed by atoms with E-state index in [0.29, 0.717) is 22.1 Å². The van der Waals surface area contributed by atoms with Gasteiger partial charge < -0.3 is 13.9 Å². The zero-order valence-electron chi connectivity index (χ0n) is 8.76. The highest BCUT2D eigenvalue weighted by molar-refractivity contribution is 6.34. The fourth-order valence-corrected chi connectivity index (χ4v) is 1.99. The lowest BCUT2D eigenvalue weighted by molar-refractivity contribution is 0.165. The maximum Gasteiger partial charge on any atom is 0.169 e. The van der Waals surface area contributed by atoms with E-state index in [0.717, 1.165) is 5.39 Å². The van der Waals surface area contributed by atoms with Crippen molar-refractivity contribution < 1.29 is 13.9 Å². The first kappa shape index (κ1) is 10.4. The van der Waals surface area contributed by atoms with Gasteiger partial charge in [0.15, 0.2) is 11.7 Å². The average Bonchev–Trinajstić information content (AvgIpc) is 2.98. The molecule has 4 heteroatoms. The fourth-order valence-electron chi connectivity index (χ4n) is 1.77. The summed E-state index contributed by atoms with van der Waals surface area (Å²) < 4.78 is 10.7. The number of aliphatic hydroxyl groups excluding tert-OH is 1. The number of benzene rings is 1. The summed E-state index contributed by atoms with van der Waals surface area (Å²) in [5.41, 5.74) is 0.578. The van der Waals surface area contributed by atoms with Crippen LogP contribution in [0, 0.1) is 0 Å². The van der Waals surface area contributed by atoms with E-state index in [4.69, 9.17) is 20.4 Å². The third-order valence-electron chi connectivity index (χ3n) is 2.60. The smallest absolute Gasteiger partial charge is 0.169 e. The normalized spacial score (nSPS) is 13.1. The minimum absolute atomic E-state index is 0.419. The Labute approximate surface area is 102 Å². The second-order valence-corrected chi connectivity index (χ2v) is 4.13. The summed E-state index contributed by atoms with van der Waals surface area (Å²) in [6.45, 7) is 0. The minimum Gasteiger partial charge on any atom is -0.466 e. The average molecular weight is 249 g/mol. The molecule has 0 spiro atoms. The van der Waals surface area contributed by atoms with Gasteiger partial charge in [0.05, 0.1) is 11.3 Å². The maximum atomic E-state index is 10.0. The Morgan fingerprint density at radius 2 is 2.00 bits per heavy atom. The van der Waals surface area contributed by atoms with Gasteiger partial charge in [-0.25, -0.2) is 0 Å². The molecule has 1 N–H and O–H groups in total. The molecule has 86 valence electrons. The van der Waals surface area contributed by atoms with Crippen LogP contribution in [0.5, 0.6) is 0 Å². The number of fused-ring (bicyclic) bond motifs is 1. The first-order chi connectivity index (χ1) is 8.25. The lowest BCUT2D eigenvalue weighted by Crippen LogP contribution is -1.95. The van der Waals surface area contributed by atoms with Crippen LogP contribution in [0.25, 0.3) is 11.0 Å². The van der Waals surface area contributed by atoms with Gasteiger partial charge in [-0.3, -0.25) is 0 Å². The number of hydrogen-bond acceptors (Lipinski definition) is 3. The molecule has 3 nitrogen and oxygen atoms in total. The minimum atomic E-state index is -0.909. The van der Waals surface area contributed by atoms with Gasteiger partial charge in [-0.05, 0) is 24.3 Å². The largest absolute Gasteiger partial charge is 0.466 e. The Morgan fingerprint density at radius 3 is 2.71 bits per heavy atom. The SMILES string of the molecule is OC(c1ccco1)c1cc2cccc(Cl)c2o1. The summed E-state index contributed by atoms with van der Waals surface area (Å²) in [6, 6.07) is 10.6. The van der Waals surface area contributed by atoms with Crippen LogP contribution in [0.2, 0.25) is 5.02 Å². The molecule has 17 heavy (non-hydrogen) atoms. The van der Waals surface area contributed by atoms with Crippen molar-refractivity contribution in [2.75, 3.05) is 0 Å². The Bertz CT molecular complexity index is 640. The summed E-state index contributed by atoms with van der Waals surface area (Å²) in [5.74, 6) is 0.864. The van der Waals surface area contributed by atoms with Gasteiger partial charge in [-0.2, -0.15) is 0 Å². The quantitative estimate of drug-likeness (QED) is 0.751. The number of aliphatic hydroxyl groups is 1. The summed E-state index contributed by atoms with van der Waals surface area (Å²) >= 11 is 6.00. The molecular weight excluding hydrogens is 240 g/mol.